The number of carbonyl (C=O) groups excluding carboxylic acids is 2. The molecule has 0 aliphatic heterocycles. The first-order valence-electron chi connectivity index (χ1n) is 13.0. The van der Waals surface area contributed by atoms with Crippen LogP contribution in [0.1, 0.15) is 22.8 Å². The van der Waals surface area contributed by atoms with Crippen molar-refractivity contribution in [1.29, 1.82) is 0 Å². The number of ether oxygens (including phenoxy) is 2. The van der Waals surface area contributed by atoms with Gasteiger partial charge in [0.25, 0.3) is 5.91 Å². The van der Waals surface area contributed by atoms with Crippen LogP contribution in [0.3, 0.4) is 0 Å². The summed E-state index contributed by atoms with van der Waals surface area (Å²) in [6.45, 7) is 3.14. The summed E-state index contributed by atoms with van der Waals surface area (Å²) in [5.41, 5.74) is 2.66. The van der Waals surface area contributed by atoms with Gasteiger partial charge in [0.2, 0.25) is 0 Å². The Morgan fingerprint density at radius 2 is 1.56 bits per heavy atom. The number of carbonyl (C=O) groups is 2. The number of nitrogens with one attached hydrogen (secondary N) is 1. The minimum absolute atomic E-state index is 0.0395. The second kappa shape index (κ2) is 10.3. The standard InChI is InChI=1S/C33H25NO7/c1-18-29(35)22-13-9-14-23(31(22)41-30(18)20-10-5-4-6-11-20)33(37)39-19(2)32(36)34-25-17-27-24(16-28(25)38-3)21-12-7-8-15-26(21)40-27/h4-17,19H,1-3H3,(H,34,36). The van der Waals surface area contributed by atoms with Gasteiger partial charge in [0.15, 0.2) is 17.1 Å². The summed E-state index contributed by atoms with van der Waals surface area (Å²) in [7, 11) is 1.50. The van der Waals surface area contributed by atoms with Crippen molar-refractivity contribution in [2.75, 3.05) is 12.4 Å². The molecule has 0 aliphatic rings. The van der Waals surface area contributed by atoms with E-state index >= 15 is 0 Å². The largest absolute Gasteiger partial charge is 0.495 e. The number of fused-ring (bicyclic) bond motifs is 4. The lowest BCUT2D eigenvalue weighted by Gasteiger charge is -2.16. The summed E-state index contributed by atoms with van der Waals surface area (Å²) in [4.78, 5) is 39.5. The zero-order chi connectivity index (χ0) is 28.7. The Kier molecular flexibility index (Phi) is 6.51. The van der Waals surface area contributed by atoms with Crippen molar-refractivity contribution < 1.29 is 27.9 Å². The highest BCUT2D eigenvalue weighted by Crippen LogP contribution is 2.36. The average Bonchev–Trinajstić information content (AvgIpc) is 3.35. The first-order valence-corrected chi connectivity index (χ1v) is 13.0. The molecule has 1 amide bonds. The number of methoxy groups -OCH3 is 1. The molecule has 8 heteroatoms. The lowest BCUT2D eigenvalue weighted by Crippen LogP contribution is -2.30. The number of benzene rings is 4. The van der Waals surface area contributed by atoms with Crippen molar-refractivity contribution in [2.24, 2.45) is 0 Å². The fourth-order valence-corrected chi connectivity index (χ4v) is 4.87. The summed E-state index contributed by atoms with van der Waals surface area (Å²) in [5.74, 6) is -0.587. The van der Waals surface area contributed by atoms with Gasteiger partial charge in [-0.05, 0) is 38.1 Å². The summed E-state index contributed by atoms with van der Waals surface area (Å²) in [6, 6.07) is 24.9. The van der Waals surface area contributed by atoms with Gasteiger partial charge in [-0.2, -0.15) is 0 Å². The Balaban J connectivity index is 1.28. The van der Waals surface area contributed by atoms with Crippen LogP contribution in [0.15, 0.2) is 98.6 Å². The third-order valence-electron chi connectivity index (χ3n) is 7.01. The molecule has 204 valence electrons. The number of hydrogen-bond acceptors (Lipinski definition) is 7. The van der Waals surface area contributed by atoms with E-state index in [2.05, 4.69) is 5.32 Å². The van der Waals surface area contributed by atoms with Crippen LogP contribution in [0.4, 0.5) is 5.69 Å². The van der Waals surface area contributed by atoms with Crippen molar-refractivity contribution in [1.82, 2.24) is 0 Å². The molecule has 0 bridgehead atoms. The van der Waals surface area contributed by atoms with E-state index in [0.29, 0.717) is 39.5 Å². The summed E-state index contributed by atoms with van der Waals surface area (Å²) in [5, 5.41) is 4.78. The van der Waals surface area contributed by atoms with Gasteiger partial charge in [-0.15, -0.1) is 0 Å². The first kappa shape index (κ1) is 25.9. The molecular weight excluding hydrogens is 522 g/mol. The molecule has 0 spiro atoms. The SMILES string of the molecule is COc1cc2c(cc1NC(=O)C(C)OC(=O)c1cccc3c(=O)c(C)c(-c4ccccc4)oc13)oc1ccccc12. The molecular formula is C33H25NO7. The quantitative estimate of drug-likeness (QED) is 0.227. The molecule has 4 aromatic carbocycles. The predicted octanol–water partition coefficient (Wildman–Crippen LogP) is 6.86. The van der Waals surface area contributed by atoms with E-state index < -0.39 is 18.0 Å². The molecule has 0 radical (unpaired) electrons. The Hall–Kier alpha value is -5.37. The van der Waals surface area contributed by atoms with Crippen molar-refractivity contribution in [3.8, 4) is 17.1 Å². The second-order valence-electron chi connectivity index (χ2n) is 9.62. The van der Waals surface area contributed by atoms with Gasteiger partial charge in [-0.25, -0.2) is 4.79 Å². The van der Waals surface area contributed by atoms with Crippen LogP contribution in [-0.4, -0.2) is 25.1 Å². The van der Waals surface area contributed by atoms with Crippen molar-refractivity contribution in [2.45, 2.75) is 20.0 Å². The van der Waals surface area contributed by atoms with Crippen LogP contribution in [-0.2, 0) is 9.53 Å². The van der Waals surface area contributed by atoms with Gasteiger partial charge in [-0.1, -0.05) is 54.6 Å². The third-order valence-corrected chi connectivity index (χ3v) is 7.01. The number of rotatable bonds is 6. The highest BCUT2D eigenvalue weighted by molar-refractivity contribution is 6.08. The fourth-order valence-electron chi connectivity index (χ4n) is 4.87. The summed E-state index contributed by atoms with van der Waals surface area (Å²) in [6.07, 6.45) is -1.18. The highest BCUT2D eigenvalue weighted by Gasteiger charge is 2.24. The summed E-state index contributed by atoms with van der Waals surface area (Å²) < 4.78 is 23.1. The third kappa shape index (κ3) is 4.59. The molecule has 2 heterocycles. The number of amides is 1. The predicted molar refractivity (Wildman–Crippen MR) is 156 cm³/mol. The molecule has 0 saturated heterocycles. The molecule has 6 aromatic rings. The fraction of sp³-hybridized carbons (Fsp3) is 0.121. The molecule has 0 saturated carbocycles. The Bertz CT molecular complexity index is 2020. The normalized spacial score (nSPS) is 12.0. The molecule has 1 atom stereocenters. The van der Waals surface area contributed by atoms with Gasteiger partial charge in [-0.3, -0.25) is 9.59 Å². The van der Waals surface area contributed by atoms with E-state index in [-0.39, 0.29) is 22.0 Å². The Labute approximate surface area is 234 Å². The van der Waals surface area contributed by atoms with Gasteiger partial charge in [0.1, 0.15) is 28.2 Å². The summed E-state index contributed by atoms with van der Waals surface area (Å²) >= 11 is 0. The lowest BCUT2D eigenvalue weighted by atomic mass is 10.0. The molecule has 1 N–H and O–H groups in total. The number of furan rings is 1. The van der Waals surface area contributed by atoms with Crippen LogP contribution < -0.4 is 15.5 Å². The average molecular weight is 548 g/mol. The van der Waals surface area contributed by atoms with Crippen LogP contribution in [0.5, 0.6) is 5.75 Å². The zero-order valence-electron chi connectivity index (χ0n) is 22.5. The minimum atomic E-state index is -1.18. The van der Waals surface area contributed by atoms with Gasteiger partial charge in [0, 0.05) is 28.0 Å². The number of esters is 1. The number of hydrogen-bond donors (Lipinski definition) is 1. The van der Waals surface area contributed by atoms with Gasteiger partial charge >= 0.3 is 5.97 Å². The van der Waals surface area contributed by atoms with E-state index in [9.17, 15) is 14.4 Å². The van der Waals surface area contributed by atoms with Crippen LogP contribution in [0.2, 0.25) is 0 Å². The first-order chi connectivity index (χ1) is 19.9. The molecule has 0 aliphatic carbocycles. The van der Waals surface area contributed by atoms with E-state index in [4.69, 9.17) is 18.3 Å². The molecule has 41 heavy (non-hydrogen) atoms. The van der Waals surface area contributed by atoms with E-state index in [1.165, 1.54) is 20.1 Å². The monoisotopic (exact) mass is 547 g/mol. The number of para-hydroxylation sites is 2. The zero-order valence-corrected chi connectivity index (χ0v) is 22.5. The lowest BCUT2D eigenvalue weighted by molar-refractivity contribution is -0.123. The number of anilines is 1. The Morgan fingerprint density at radius 3 is 2.34 bits per heavy atom. The molecule has 8 nitrogen and oxygen atoms in total. The second-order valence-corrected chi connectivity index (χ2v) is 9.62. The Morgan fingerprint density at radius 1 is 0.829 bits per heavy atom. The topological polar surface area (TPSA) is 108 Å². The van der Waals surface area contributed by atoms with Crippen LogP contribution in [0, 0.1) is 6.92 Å². The van der Waals surface area contributed by atoms with Gasteiger partial charge in [0.05, 0.1) is 18.2 Å². The molecule has 6 rings (SSSR count). The van der Waals surface area contributed by atoms with Crippen LogP contribution >= 0.6 is 0 Å². The molecule has 1 unspecified atom stereocenters. The van der Waals surface area contributed by atoms with E-state index in [1.54, 1.807) is 31.2 Å². The van der Waals surface area contributed by atoms with Crippen LogP contribution in [0.25, 0.3) is 44.2 Å². The maximum atomic E-state index is 13.3. The van der Waals surface area contributed by atoms with Crippen molar-refractivity contribution >= 4 is 50.5 Å². The van der Waals surface area contributed by atoms with Crippen molar-refractivity contribution in [3.05, 3.63) is 106 Å². The highest BCUT2D eigenvalue weighted by atomic mass is 16.5. The van der Waals surface area contributed by atoms with E-state index in [0.717, 1.165) is 10.8 Å². The van der Waals surface area contributed by atoms with Crippen molar-refractivity contribution in [3.63, 3.8) is 0 Å². The molecule has 2 aromatic heterocycles. The maximum absolute atomic E-state index is 13.3. The molecule has 0 fully saturated rings. The maximum Gasteiger partial charge on any atom is 0.342 e. The van der Waals surface area contributed by atoms with Gasteiger partial charge < -0.3 is 23.6 Å². The minimum Gasteiger partial charge on any atom is -0.495 e. The van der Waals surface area contributed by atoms with E-state index in [1.807, 2.05) is 54.6 Å². The smallest absolute Gasteiger partial charge is 0.342 e.